The highest BCUT2D eigenvalue weighted by molar-refractivity contribution is 7.85. The van der Waals surface area contributed by atoms with Crippen LogP contribution in [0.2, 0.25) is 10.0 Å². The van der Waals surface area contributed by atoms with E-state index in [2.05, 4.69) is 0 Å². The van der Waals surface area contributed by atoms with E-state index in [1.54, 1.807) is 0 Å². The Morgan fingerprint density at radius 2 is 1.57 bits per heavy atom. The Labute approximate surface area is 90.8 Å². The number of rotatable bonds is 2. The summed E-state index contributed by atoms with van der Waals surface area (Å²) < 4.78 is 29.7. The van der Waals surface area contributed by atoms with Crippen LogP contribution in [-0.2, 0) is 10.1 Å². The summed E-state index contributed by atoms with van der Waals surface area (Å²) in [6.45, 7) is 0. The number of hydrogen-bond acceptors (Lipinski definition) is 3. The van der Waals surface area contributed by atoms with Gasteiger partial charge in [-0.2, -0.15) is 8.42 Å². The van der Waals surface area contributed by atoms with Gasteiger partial charge >= 0.3 is 0 Å². The molecule has 0 heterocycles. The van der Waals surface area contributed by atoms with Crippen LogP contribution in [0.1, 0.15) is 11.0 Å². The molecule has 0 saturated heterocycles. The lowest BCUT2D eigenvalue weighted by molar-refractivity contribution is 0.238. The van der Waals surface area contributed by atoms with Crippen LogP contribution in [0.4, 0.5) is 0 Å². The van der Waals surface area contributed by atoms with E-state index in [1.165, 1.54) is 18.2 Å². The zero-order chi connectivity index (χ0) is 10.9. The van der Waals surface area contributed by atoms with Gasteiger partial charge in [-0.25, -0.2) is 0 Å². The van der Waals surface area contributed by atoms with E-state index < -0.39 is 15.6 Å². The van der Waals surface area contributed by atoms with Gasteiger partial charge in [0.25, 0.3) is 10.1 Å². The first kappa shape index (κ1) is 11.7. The van der Waals surface area contributed by atoms with Crippen LogP contribution in [0.5, 0.6) is 0 Å². The standard InChI is InChI=1S/C7H6Cl2O4S/c8-5-1-4(2-6(9)3-5)7(10)14(11,12)13/h1-3,7,10H,(H,11,12,13). The molecule has 1 atom stereocenters. The summed E-state index contributed by atoms with van der Waals surface area (Å²) in [6.07, 6.45) is 0. The molecule has 0 fully saturated rings. The van der Waals surface area contributed by atoms with Crippen molar-refractivity contribution in [3.05, 3.63) is 33.8 Å². The van der Waals surface area contributed by atoms with E-state index in [1.807, 2.05) is 0 Å². The van der Waals surface area contributed by atoms with Gasteiger partial charge in [0.05, 0.1) is 0 Å². The van der Waals surface area contributed by atoms with Crippen molar-refractivity contribution in [2.45, 2.75) is 5.44 Å². The highest BCUT2D eigenvalue weighted by Gasteiger charge is 2.22. The van der Waals surface area contributed by atoms with Crippen LogP contribution in [0.3, 0.4) is 0 Å². The Hall–Kier alpha value is -0.330. The molecule has 7 heteroatoms. The second kappa shape index (κ2) is 4.04. The van der Waals surface area contributed by atoms with Crippen molar-refractivity contribution in [3.63, 3.8) is 0 Å². The normalized spacial score (nSPS) is 14.0. The number of aliphatic hydroxyl groups is 1. The molecule has 78 valence electrons. The topological polar surface area (TPSA) is 74.6 Å². The first-order chi connectivity index (χ1) is 6.30. The predicted molar refractivity (Wildman–Crippen MR) is 53.0 cm³/mol. The van der Waals surface area contributed by atoms with E-state index in [0.717, 1.165) is 0 Å². The molecular weight excluding hydrogens is 251 g/mol. The molecule has 0 aromatic heterocycles. The Morgan fingerprint density at radius 1 is 1.14 bits per heavy atom. The Morgan fingerprint density at radius 3 is 1.93 bits per heavy atom. The van der Waals surface area contributed by atoms with E-state index in [0.29, 0.717) is 0 Å². The zero-order valence-corrected chi connectivity index (χ0v) is 9.01. The third-order valence-electron chi connectivity index (χ3n) is 1.45. The summed E-state index contributed by atoms with van der Waals surface area (Å²) in [5.41, 5.74) is -2.11. The molecule has 0 aliphatic heterocycles. The van der Waals surface area contributed by atoms with Crippen molar-refractivity contribution in [1.29, 1.82) is 0 Å². The van der Waals surface area contributed by atoms with Gasteiger partial charge < -0.3 is 5.11 Å². The second-order valence-electron chi connectivity index (χ2n) is 2.57. The van der Waals surface area contributed by atoms with Crippen molar-refractivity contribution in [3.8, 4) is 0 Å². The summed E-state index contributed by atoms with van der Waals surface area (Å²) in [6, 6.07) is 3.78. The molecule has 0 radical (unpaired) electrons. The number of benzene rings is 1. The molecule has 1 aromatic rings. The second-order valence-corrected chi connectivity index (χ2v) is 4.92. The van der Waals surface area contributed by atoms with Crippen molar-refractivity contribution in [2.24, 2.45) is 0 Å². The van der Waals surface area contributed by atoms with E-state index in [4.69, 9.17) is 32.9 Å². The first-order valence-corrected chi connectivity index (χ1v) is 5.67. The summed E-state index contributed by atoms with van der Waals surface area (Å²) in [7, 11) is -4.55. The molecule has 1 unspecified atom stereocenters. The fourth-order valence-electron chi connectivity index (χ4n) is 0.890. The van der Waals surface area contributed by atoms with Crippen LogP contribution in [0.15, 0.2) is 18.2 Å². The van der Waals surface area contributed by atoms with Gasteiger partial charge in [-0.1, -0.05) is 23.2 Å². The molecule has 0 aliphatic rings. The maximum Gasteiger partial charge on any atom is 0.296 e. The van der Waals surface area contributed by atoms with Gasteiger partial charge in [0.1, 0.15) is 0 Å². The minimum Gasteiger partial charge on any atom is -0.371 e. The first-order valence-electron chi connectivity index (χ1n) is 3.41. The smallest absolute Gasteiger partial charge is 0.296 e. The van der Waals surface area contributed by atoms with Gasteiger partial charge in [-0.05, 0) is 18.2 Å². The monoisotopic (exact) mass is 256 g/mol. The SMILES string of the molecule is O=S(=O)(O)C(O)c1cc(Cl)cc(Cl)c1. The van der Waals surface area contributed by atoms with Gasteiger partial charge in [0.2, 0.25) is 5.44 Å². The average molecular weight is 257 g/mol. The molecule has 1 aromatic carbocycles. The van der Waals surface area contributed by atoms with Crippen molar-refractivity contribution < 1.29 is 18.1 Å². The highest BCUT2D eigenvalue weighted by atomic mass is 35.5. The lowest BCUT2D eigenvalue weighted by Crippen LogP contribution is -2.11. The van der Waals surface area contributed by atoms with Crippen molar-refractivity contribution in [1.82, 2.24) is 0 Å². The average Bonchev–Trinajstić information content (AvgIpc) is 1.99. The molecule has 14 heavy (non-hydrogen) atoms. The van der Waals surface area contributed by atoms with Gasteiger partial charge in [-0.3, -0.25) is 4.55 Å². The van der Waals surface area contributed by atoms with E-state index in [9.17, 15) is 8.42 Å². The lowest BCUT2D eigenvalue weighted by atomic mass is 10.2. The fraction of sp³-hybridized carbons (Fsp3) is 0.143. The third kappa shape index (κ3) is 2.83. The molecule has 2 N–H and O–H groups in total. The Bertz CT molecular complexity index is 423. The van der Waals surface area contributed by atoms with E-state index in [-0.39, 0.29) is 15.6 Å². The van der Waals surface area contributed by atoms with Gasteiger partial charge in [0, 0.05) is 15.6 Å². The molecule has 1 rings (SSSR count). The zero-order valence-electron chi connectivity index (χ0n) is 6.68. The lowest BCUT2D eigenvalue weighted by Gasteiger charge is -2.08. The molecule has 0 aliphatic carbocycles. The minimum atomic E-state index is -4.55. The predicted octanol–water partition coefficient (Wildman–Crippen LogP) is 1.87. The molecule has 0 amide bonds. The maximum atomic E-state index is 10.6. The number of aliphatic hydroxyl groups excluding tert-OH is 1. The summed E-state index contributed by atoms with van der Waals surface area (Å²) in [5, 5.41) is 9.50. The van der Waals surface area contributed by atoms with Crippen LogP contribution in [0.25, 0.3) is 0 Å². The van der Waals surface area contributed by atoms with E-state index >= 15 is 0 Å². The minimum absolute atomic E-state index is 0.0787. The quantitative estimate of drug-likeness (QED) is 0.793. The molecular formula is C7H6Cl2O4S. The number of halogens is 2. The van der Waals surface area contributed by atoms with Crippen LogP contribution in [0, 0.1) is 0 Å². The van der Waals surface area contributed by atoms with Crippen LogP contribution < -0.4 is 0 Å². The highest BCUT2D eigenvalue weighted by Crippen LogP contribution is 2.25. The third-order valence-corrected chi connectivity index (χ3v) is 2.73. The molecule has 0 saturated carbocycles. The molecule has 0 bridgehead atoms. The largest absolute Gasteiger partial charge is 0.371 e. The summed E-state index contributed by atoms with van der Waals surface area (Å²) in [4.78, 5) is 0. The summed E-state index contributed by atoms with van der Waals surface area (Å²) in [5.74, 6) is 0. The van der Waals surface area contributed by atoms with Crippen LogP contribution >= 0.6 is 23.2 Å². The summed E-state index contributed by atoms with van der Waals surface area (Å²) >= 11 is 11.1. The number of hydrogen-bond donors (Lipinski definition) is 2. The Balaban J connectivity index is 3.20. The maximum absolute atomic E-state index is 10.6. The van der Waals surface area contributed by atoms with Crippen LogP contribution in [-0.4, -0.2) is 18.1 Å². The van der Waals surface area contributed by atoms with Gasteiger partial charge in [0.15, 0.2) is 0 Å². The molecule has 0 spiro atoms. The Kier molecular flexibility index (Phi) is 3.39. The molecule has 4 nitrogen and oxygen atoms in total. The van der Waals surface area contributed by atoms with Crippen molar-refractivity contribution >= 4 is 33.3 Å². The fourth-order valence-corrected chi connectivity index (χ4v) is 1.91. The van der Waals surface area contributed by atoms with Gasteiger partial charge in [-0.15, -0.1) is 0 Å². The van der Waals surface area contributed by atoms with Crippen molar-refractivity contribution in [2.75, 3.05) is 0 Å².